The van der Waals surface area contributed by atoms with Crippen molar-refractivity contribution in [3.63, 3.8) is 0 Å². The molecule has 0 spiro atoms. The minimum atomic E-state index is 0.317. The third-order valence-corrected chi connectivity index (χ3v) is 3.51. The normalized spacial score (nSPS) is 15.8. The number of rotatable bonds is 6. The van der Waals surface area contributed by atoms with Crippen molar-refractivity contribution in [2.24, 2.45) is 4.99 Å². The van der Waals surface area contributed by atoms with Gasteiger partial charge in [0.25, 0.3) is 0 Å². The SMILES string of the molecule is C=CCNC(=NC)NCc1cccnc1OC1CCCC1. The first kappa shape index (κ1) is 15.4. The van der Waals surface area contributed by atoms with Gasteiger partial charge in [-0.15, -0.1) is 6.58 Å². The van der Waals surface area contributed by atoms with Gasteiger partial charge in [0.05, 0.1) is 0 Å². The molecule has 114 valence electrons. The first-order valence-corrected chi connectivity index (χ1v) is 7.49. The van der Waals surface area contributed by atoms with E-state index in [1.54, 1.807) is 19.3 Å². The van der Waals surface area contributed by atoms with Gasteiger partial charge in [0.15, 0.2) is 5.96 Å². The lowest BCUT2D eigenvalue weighted by atomic mass is 10.2. The molecule has 0 aromatic carbocycles. The number of nitrogens with zero attached hydrogens (tertiary/aromatic N) is 2. The molecule has 0 unspecified atom stereocenters. The Morgan fingerprint density at radius 2 is 2.29 bits per heavy atom. The Morgan fingerprint density at radius 3 is 3.00 bits per heavy atom. The van der Waals surface area contributed by atoms with Crippen LogP contribution in [0.25, 0.3) is 0 Å². The molecule has 0 bridgehead atoms. The maximum atomic E-state index is 6.03. The highest BCUT2D eigenvalue weighted by molar-refractivity contribution is 5.79. The number of guanidine groups is 1. The molecule has 1 fully saturated rings. The zero-order chi connectivity index (χ0) is 14.9. The lowest BCUT2D eigenvalue weighted by Crippen LogP contribution is -2.36. The summed E-state index contributed by atoms with van der Waals surface area (Å²) in [6.45, 7) is 4.99. The monoisotopic (exact) mass is 288 g/mol. The Bertz CT molecular complexity index is 481. The summed E-state index contributed by atoms with van der Waals surface area (Å²) in [5.74, 6) is 1.47. The minimum absolute atomic E-state index is 0.317. The first-order chi connectivity index (χ1) is 10.3. The van der Waals surface area contributed by atoms with E-state index < -0.39 is 0 Å². The molecule has 5 heteroatoms. The van der Waals surface area contributed by atoms with Gasteiger partial charge in [0, 0.05) is 31.9 Å². The van der Waals surface area contributed by atoms with Crippen molar-refractivity contribution in [2.75, 3.05) is 13.6 Å². The third-order valence-electron chi connectivity index (χ3n) is 3.51. The van der Waals surface area contributed by atoms with Gasteiger partial charge in [-0.05, 0) is 31.7 Å². The predicted molar refractivity (Wildman–Crippen MR) is 85.5 cm³/mol. The van der Waals surface area contributed by atoms with Crippen molar-refractivity contribution in [1.82, 2.24) is 15.6 Å². The molecule has 0 radical (unpaired) electrons. The third kappa shape index (κ3) is 4.77. The molecule has 2 N–H and O–H groups in total. The van der Waals surface area contributed by atoms with Crippen LogP contribution in [0.15, 0.2) is 36.0 Å². The van der Waals surface area contributed by atoms with Gasteiger partial charge in [0.2, 0.25) is 5.88 Å². The highest BCUT2D eigenvalue weighted by Gasteiger charge is 2.18. The summed E-state index contributed by atoms with van der Waals surface area (Å²) in [6, 6.07) is 3.96. The number of hydrogen-bond donors (Lipinski definition) is 2. The zero-order valence-corrected chi connectivity index (χ0v) is 12.6. The molecule has 0 saturated heterocycles. The molecular formula is C16H24N4O. The van der Waals surface area contributed by atoms with Gasteiger partial charge in [-0.1, -0.05) is 12.1 Å². The van der Waals surface area contributed by atoms with Crippen molar-refractivity contribution >= 4 is 5.96 Å². The second-order valence-electron chi connectivity index (χ2n) is 5.09. The fraction of sp³-hybridized carbons (Fsp3) is 0.500. The quantitative estimate of drug-likeness (QED) is 0.479. The van der Waals surface area contributed by atoms with Crippen molar-refractivity contribution in [2.45, 2.75) is 38.3 Å². The van der Waals surface area contributed by atoms with Crippen LogP contribution >= 0.6 is 0 Å². The highest BCUT2D eigenvalue weighted by Crippen LogP contribution is 2.24. The summed E-state index contributed by atoms with van der Waals surface area (Å²) in [5, 5.41) is 6.40. The average Bonchev–Trinajstić information content (AvgIpc) is 3.02. The number of nitrogens with one attached hydrogen (secondary N) is 2. The summed E-state index contributed by atoms with van der Waals surface area (Å²) in [7, 11) is 1.75. The molecule has 0 amide bonds. The van der Waals surface area contributed by atoms with Gasteiger partial charge in [-0.25, -0.2) is 4.98 Å². The summed E-state index contributed by atoms with van der Waals surface area (Å²) in [4.78, 5) is 8.53. The Labute approximate surface area is 126 Å². The van der Waals surface area contributed by atoms with Gasteiger partial charge >= 0.3 is 0 Å². The van der Waals surface area contributed by atoms with E-state index in [0.29, 0.717) is 19.2 Å². The fourth-order valence-electron chi connectivity index (χ4n) is 2.40. The second kappa shape index (κ2) is 8.29. The number of ether oxygens (including phenoxy) is 1. The Hall–Kier alpha value is -2.04. The van der Waals surface area contributed by atoms with Crippen molar-refractivity contribution in [1.29, 1.82) is 0 Å². The van der Waals surface area contributed by atoms with Crippen molar-refractivity contribution in [3.05, 3.63) is 36.5 Å². The standard InChI is InChI=1S/C16H24N4O/c1-3-10-19-16(17-2)20-12-13-7-6-11-18-15(13)21-14-8-4-5-9-14/h3,6-7,11,14H,1,4-5,8-10,12H2,2H3,(H2,17,19,20). The second-order valence-corrected chi connectivity index (χ2v) is 5.09. The van der Waals surface area contributed by atoms with E-state index in [1.807, 2.05) is 12.1 Å². The molecule has 21 heavy (non-hydrogen) atoms. The number of aliphatic imine (C=N–C) groups is 1. The molecule has 1 aromatic heterocycles. The molecule has 1 saturated carbocycles. The molecule has 2 rings (SSSR count). The minimum Gasteiger partial charge on any atom is -0.474 e. The molecule has 0 aliphatic heterocycles. The smallest absolute Gasteiger partial charge is 0.218 e. The molecule has 1 aliphatic rings. The first-order valence-electron chi connectivity index (χ1n) is 7.49. The molecule has 1 heterocycles. The van der Waals surface area contributed by atoms with Gasteiger partial charge in [-0.3, -0.25) is 4.99 Å². The van der Waals surface area contributed by atoms with E-state index in [9.17, 15) is 0 Å². The summed E-state index contributed by atoms with van der Waals surface area (Å²) in [6.07, 6.45) is 8.66. The Morgan fingerprint density at radius 1 is 1.48 bits per heavy atom. The maximum Gasteiger partial charge on any atom is 0.218 e. The Balaban J connectivity index is 1.94. The molecule has 5 nitrogen and oxygen atoms in total. The lowest BCUT2D eigenvalue weighted by Gasteiger charge is -2.16. The highest BCUT2D eigenvalue weighted by atomic mass is 16.5. The van der Waals surface area contributed by atoms with Crippen LogP contribution in [-0.2, 0) is 6.54 Å². The fourth-order valence-corrected chi connectivity index (χ4v) is 2.40. The molecule has 1 aromatic rings. The lowest BCUT2D eigenvalue weighted by molar-refractivity contribution is 0.199. The molecular weight excluding hydrogens is 264 g/mol. The van der Waals surface area contributed by atoms with Gasteiger partial charge in [0.1, 0.15) is 6.10 Å². The van der Waals surface area contributed by atoms with E-state index >= 15 is 0 Å². The van der Waals surface area contributed by atoms with Crippen LogP contribution in [0.1, 0.15) is 31.2 Å². The van der Waals surface area contributed by atoms with E-state index in [1.165, 1.54) is 12.8 Å². The van der Waals surface area contributed by atoms with E-state index in [0.717, 1.165) is 30.2 Å². The number of aromatic nitrogens is 1. The topological polar surface area (TPSA) is 58.5 Å². The number of pyridine rings is 1. The van der Waals surface area contributed by atoms with Gasteiger partial charge < -0.3 is 15.4 Å². The van der Waals surface area contributed by atoms with E-state index in [-0.39, 0.29) is 0 Å². The van der Waals surface area contributed by atoms with Crippen LogP contribution in [0.5, 0.6) is 5.88 Å². The summed E-state index contributed by atoms with van der Waals surface area (Å²) < 4.78 is 6.03. The maximum absolute atomic E-state index is 6.03. The summed E-state index contributed by atoms with van der Waals surface area (Å²) in [5.41, 5.74) is 1.05. The number of hydrogen-bond acceptors (Lipinski definition) is 3. The van der Waals surface area contributed by atoms with Crippen LogP contribution in [0.2, 0.25) is 0 Å². The van der Waals surface area contributed by atoms with Crippen molar-refractivity contribution in [3.8, 4) is 5.88 Å². The van der Waals surface area contributed by atoms with Crippen LogP contribution in [0, 0.1) is 0 Å². The molecule has 1 aliphatic carbocycles. The van der Waals surface area contributed by atoms with Crippen LogP contribution in [-0.4, -0.2) is 30.6 Å². The van der Waals surface area contributed by atoms with E-state index in [4.69, 9.17) is 4.74 Å². The van der Waals surface area contributed by atoms with Gasteiger partial charge in [-0.2, -0.15) is 0 Å². The van der Waals surface area contributed by atoms with E-state index in [2.05, 4.69) is 27.2 Å². The van der Waals surface area contributed by atoms with Crippen LogP contribution < -0.4 is 15.4 Å². The largest absolute Gasteiger partial charge is 0.474 e. The predicted octanol–water partition coefficient (Wildman–Crippen LogP) is 2.25. The Kier molecular flexibility index (Phi) is 6.06. The average molecular weight is 288 g/mol. The van der Waals surface area contributed by atoms with Crippen molar-refractivity contribution < 1.29 is 4.74 Å². The van der Waals surface area contributed by atoms with Crippen LogP contribution in [0.3, 0.4) is 0 Å². The zero-order valence-electron chi connectivity index (χ0n) is 12.6. The summed E-state index contributed by atoms with van der Waals surface area (Å²) >= 11 is 0. The molecule has 0 atom stereocenters. The van der Waals surface area contributed by atoms with Crippen LogP contribution in [0.4, 0.5) is 0 Å².